The van der Waals surface area contributed by atoms with E-state index in [0.29, 0.717) is 0 Å². The maximum Gasteiger partial charge on any atom is 0.0848 e. The van der Waals surface area contributed by atoms with Crippen molar-refractivity contribution in [2.24, 2.45) is 9.98 Å². The molecule has 0 spiro atoms. The van der Waals surface area contributed by atoms with Gasteiger partial charge in [-0.05, 0) is 92.8 Å². The molecule has 0 amide bonds. The fourth-order valence-electron chi connectivity index (χ4n) is 7.25. The zero-order chi connectivity index (χ0) is 37.9. The van der Waals surface area contributed by atoms with Gasteiger partial charge in [-0.2, -0.15) is 0 Å². The monoisotopic (exact) mass is 831 g/mol. The number of hydrogen-bond donors (Lipinski definition) is 0. The second kappa shape index (κ2) is 36.8. The standard InChI is InChI=1S/C51H84N2.Pd/c1-5-9-13-16-19-21-23-26-28-31-34-46-38-42-48(43-39-46)52-50(36-12-8-4)51(37-33-30-25-18-15-11-7-3)53-49-44-40-47(41-45-49)35-32-29-27-24-22-20-17-14-10-6-2;/h33,37-45H,5-32,34-36H2,1-4H3;. The Morgan fingerprint density at radius 2 is 0.759 bits per heavy atom. The molecule has 3 heteroatoms. The Hall–Kier alpha value is -1.82. The molecule has 0 aliphatic rings. The van der Waals surface area contributed by atoms with Crippen LogP contribution in [-0.4, -0.2) is 11.4 Å². The van der Waals surface area contributed by atoms with Gasteiger partial charge in [0.15, 0.2) is 0 Å². The third-order valence-corrected chi connectivity index (χ3v) is 10.8. The van der Waals surface area contributed by atoms with Crippen molar-refractivity contribution < 1.29 is 20.4 Å². The minimum atomic E-state index is 0. The molecule has 2 rings (SSSR count). The third-order valence-electron chi connectivity index (χ3n) is 10.8. The zero-order valence-electron chi connectivity index (χ0n) is 35.9. The summed E-state index contributed by atoms with van der Waals surface area (Å²) >= 11 is 0. The number of aliphatic imine (C=N–C) groups is 2. The molecule has 0 N–H and O–H groups in total. The van der Waals surface area contributed by atoms with E-state index in [0.717, 1.165) is 48.5 Å². The summed E-state index contributed by atoms with van der Waals surface area (Å²) in [5.41, 5.74) is 7.11. The summed E-state index contributed by atoms with van der Waals surface area (Å²) in [7, 11) is 0. The molecule has 2 aromatic rings. The first kappa shape index (κ1) is 50.2. The van der Waals surface area contributed by atoms with Crippen molar-refractivity contribution in [3.63, 3.8) is 0 Å². The van der Waals surface area contributed by atoms with E-state index < -0.39 is 0 Å². The molecular weight excluding hydrogens is 747 g/mol. The van der Waals surface area contributed by atoms with Crippen LogP contribution in [0, 0.1) is 0 Å². The number of benzene rings is 2. The average Bonchev–Trinajstić information content (AvgIpc) is 3.18. The van der Waals surface area contributed by atoms with Crippen LogP contribution in [0.15, 0.2) is 70.7 Å². The Balaban J connectivity index is 0.0000146. The smallest absolute Gasteiger partial charge is 0.0848 e. The Labute approximate surface area is 350 Å². The van der Waals surface area contributed by atoms with E-state index in [2.05, 4.69) is 88.4 Å². The van der Waals surface area contributed by atoms with Gasteiger partial charge in [0.1, 0.15) is 0 Å². The zero-order valence-corrected chi connectivity index (χ0v) is 37.5. The van der Waals surface area contributed by atoms with Gasteiger partial charge in [-0.3, -0.25) is 4.99 Å². The first-order valence-electron chi connectivity index (χ1n) is 23.2. The van der Waals surface area contributed by atoms with Crippen molar-refractivity contribution >= 4 is 22.8 Å². The number of hydrogen-bond acceptors (Lipinski definition) is 2. The second-order valence-corrected chi connectivity index (χ2v) is 16.0. The topological polar surface area (TPSA) is 24.7 Å². The second-order valence-electron chi connectivity index (χ2n) is 16.0. The molecular formula is C51H84N2Pd. The Morgan fingerprint density at radius 3 is 1.17 bits per heavy atom. The van der Waals surface area contributed by atoms with Gasteiger partial charge in [0.25, 0.3) is 0 Å². The van der Waals surface area contributed by atoms with Crippen molar-refractivity contribution in [3.05, 3.63) is 71.8 Å². The van der Waals surface area contributed by atoms with E-state index in [4.69, 9.17) is 9.98 Å². The third kappa shape index (κ3) is 26.9. The summed E-state index contributed by atoms with van der Waals surface area (Å²) in [6.45, 7) is 9.16. The van der Waals surface area contributed by atoms with E-state index in [1.165, 1.54) is 184 Å². The fourth-order valence-corrected chi connectivity index (χ4v) is 7.25. The van der Waals surface area contributed by atoms with Gasteiger partial charge < -0.3 is 0 Å². The number of aryl methyl sites for hydroxylation is 2. The molecule has 54 heavy (non-hydrogen) atoms. The number of rotatable bonds is 35. The molecule has 0 aliphatic carbocycles. The molecule has 0 aromatic heterocycles. The molecule has 0 atom stereocenters. The van der Waals surface area contributed by atoms with Crippen molar-refractivity contribution in [2.75, 3.05) is 0 Å². The Morgan fingerprint density at radius 1 is 0.407 bits per heavy atom. The van der Waals surface area contributed by atoms with Crippen LogP contribution < -0.4 is 0 Å². The number of nitrogens with zero attached hydrogens (tertiary/aromatic N) is 2. The maximum absolute atomic E-state index is 5.27. The van der Waals surface area contributed by atoms with Crippen LogP contribution in [0.3, 0.4) is 0 Å². The SMILES string of the molecule is CCCCCCCC=CC(=Nc1ccc(CCCCCCCCCCCC)cc1)C(CCCC)=Nc1ccc(CCCCCCCCCCCC)cc1.[Pd]. The van der Waals surface area contributed by atoms with Crippen LogP contribution in [0.1, 0.15) is 225 Å². The molecule has 308 valence electrons. The first-order valence-corrected chi connectivity index (χ1v) is 23.2. The predicted octanol–water partition coefficient (Wildman–Crippen LogP) is 17.6. The summed E-state index contributed by atoms with van der Waals surface area (Å²) in [4.78, 5) is 10.5. The molecule has 2 aromatic carbocycles. The van der Waals surface area contributed by atoms with E-state index in [9.17, 15) is 0 Å². The Bertz CT molecular complexity index is 1190. The number of allylic oxidation sites excluding steroid dienone is 2. The van der Waals surface area contributed by atoms with Crippen LogP contribution in [0.2, 0.25) is 0 Å². The van der Waals surface area contributed by atoms with Gasteiger partial charge in [-0.15, -0.1) is 0 Å². The van der Waals surface area contributed by atoms with Crippen LogP contribution in [0.25, 0.3) is 0 Å². The Kier molecular flexibility index (Phi) is 34.2. The summed E-state index contributed by atoms with van der Waals surface area (Å²) in [6, 6.07) is 18.1. The van der Waals surface area contributed by atoms with Gasteiger partial charge in [0.05, 0.1) is 22.8 Å². The van der Waals surface area contributed by atoms with Crippen molar-refractivity contribution in [1.82, 2.24) is 0 Å². The van der Waals surface area contributed by atoms with Crippen LogP contribution in [0.5, 0.6) is 0 Å². The van der Waals surface area contributed by atoms with E-state index in [-0.39, 0.29) is 20.4 Å². The molecule has 0 heterocycles. The van der Waals surface area contributed by atoms with E-state index >= 15 is 0 Å². The summed E-state index contributed by atoms with van der Waals surface area (Å²) < 4.78 is 0. The van der Waals surface area contributed by atoms with E-state index in [1.807, 2.05) is 0 Å². The van der Waals surface area contributed by atoms with Crippen LogP contribution >= 0.6 is 0 Å². The largest absolute Gasteiger partial charge is 0.251 e. The maximum atomic E-state index is 5.27. The van der Waals surface area contributed by atoms with Crippen molar-refractivity contribution in [2.45, 2.75) is 227 Å². The number of unbranched alkanes of at least 4 members (excludes halogenated alkanes) is 24. The molecule has 2 nitrogen and oxygen atoms in total. The first-order chi connectivity index (χ1) is 26.2. The van der Waals surface area contributed by atoms with Gasteiger partial charge in [0, 0.05) is 20.4 Å². The van der Waals surface area contributed by atoms with E-state index in [1.54, 1.807) is 0 Å². The molecule has 0 fully saturated rings. The predicted molar refractivity (Wildman–Crippen MR) is 240 cm³/mol. The normalized spacial score (nSPS) is 12.1. The summed E-state index contributed by atoms with van der Waals surface area (Å²) in [5.74, 6) is 0. The fraction of sp³-hybridized carbons (Fsp3) is 0.686. The molecule has 0 radical (unpaired) electrons. The average molecular weight is 832 g/mol. The van der Waals surface area contributed by atoms with Gasteiger partial charge >= 0.3 is 0 Å². The summed E-state index contributed by atoms with van der Waals surface area (Å²) in [6.07, 6.45) is 45.6. The molecule has 0 aliphatic heterocycles. The minimum Gasteiger partial charge on any atom is -0.251 e. The molecule has 0 saturated carbocycles. The molecule has 0 saturated heterocycles. The molecule has 0 unspecified atom stereocenters. The summed E-state index contributed by atoms with van der Waals surface area (Å²) in [5, 5.41) is 0. The van der Waals surface area contributed by atoms with Gasteiger partial charge in [-0.1, -0.05) is 206 Å². The quantitative estimate of drug-likeness (QED) is 0.0376. The van der Waals surface area contributed by atoms with Crippen LogP contribution in [0.4, 0.5) is 11.4 Å². The minimum absolute atomic E-state index is 0. The van der Waals surface area contributed by atoms with Crippen molar-refractivity contribution in [1.29, 1.82) is 0 Å². The van der Waals surface area contributed by atoms with Crippen LogP contribution in [-0.2, 0) is 33.3 Å². The van der Waals surface area contributed by atoms with Gasteiger partial charge in [0.2, 0.25) is 0 Å². The molecule has 0 bridgehead atoms. The van der Waals surface area contributed by atoms with Gasteiger partial charge in [-0.25, -0.2) is 4.99 Å². The van der Waals surface area contributed by atoms with Crippen molar-refractivity contribution in [3.8, 4) is 0 Å².